The summed E-state index contributed by atoms with van der Waals surface area (Å²) >= 11 is 12.7. The number of imide groups is 2. The Morgan fingerprint density at radius 3 is 2.31 bits per heavy atom. The van der Waals surface area contributed by atoms with Gasteiger partial charge < -0.3 is 9.47 Å². The van der Waals surface area contributed by atoms with Crippen LogP contribution in [0.5, 0.6) is 11.5 Å². The average Bonchev–Trinajstić information content (AvgIpc) is 2.81. The average molecular weight is 525 g/mol. The molecular weight excluding hydrogens is 503 g/mol. The van der Waals surface area contributed by atoms with E-state index in [1.54, 1.807) is 24.3 Å². The SMILES string of the molecule is COc1cc(/C=C2\C(=O)NC(=O)N(c3cc(C)cc(C)c3)C2=O)cc(Cl)c1OCc1ccccc1Cl. The fraction of sp³-hybridized carbons (Fsp3) is 0.148. The fourth-order valence-electron chi connectivity index (χ4n) is 3.87. The van der Waals surface area contributed by atoms with E-state index in [-0.39, 0.29) is 23.0 Å². The molecule has 0 bridgehead atoms. The van der Waals surface area contributed by atoms with E-state index < -0.39 is 17.8 Å². The van der Waals surface area contributed by atoms with Gasteiger partial charge in [-0.2, -0.15) is 0 Å². The lowest BCUT2D eigenvalue weighted by molar-refractivity contribution is -0.122. The maximum Gasteiger partial charge on any atom is 0.335 e. The van der Waals surface area contributed by atoms with Crippen LogP contribution in [0.25, 0.3) is 6.08 Å². The third-order valence-electron chi connectivity index (χ3n) is 5.46. The number of nitrogens with zero attached hydrogens (tertiary/aromatic N) is 1. The molecule has 3 aromatic carbocycles. The molecule has 1 heterocycles. The number of aryl methyl sites for hydroxylation is 2. The fourth-order valence-corrected chi connectivity index (χ4v) is 4.33. The van der Waals surface area contributed by atoms with Crippen molar-refractivity contribution in [3.8, 4) is 11.5 Å². The van der Waals surface area contributed by atoms with E-state index in [4.69, 9.17) is 32.7 Å². The number of rotatable bonds is 6. The van der Waals surface area contributed by atoms with Gasteiger partial charge >= 0.3 is 6.03 Å². The number of carbonyl (C=O) groups is 3. The van der Waals surface area contributed by atoms with Gasteiger partial charge in [-0.3, -0.25) is 14.9 Å². The van der Waals surface area contributed by atoms with Crippen molar-refractivity contribution in [1.82, 2.24) is 5.32 Å². The van der Waals surface area contributed by atoms with E-state index in [2.05, 4.69) is 5.32 Å². The van der Waals surface area contributed by atoms with Crippen molar-refractivity contribution < 1.29 is 23.9 Å². The minimum absolute atomic E-state index is 0.157. The molecule has 0 aromatic heterocycles. The summed E-state index contributed by atoms with van der Waals surface area (Å²) in [7, 11) is 1.45. The first-order valence-electron chi connectivity index (χ1n) is 10.9. The van der Waals surface area contributed by atoms with Crippen LogP contribution < -0.4 is 19.7 Å². The van der Waals surface area contributed by atoms with Crippen molar-refractivity contribution in [2.24, 2.45) is 0 Å². The summed E-state index contributed by atoms with van der Waals surface area (Å²) in [6.45, 7) is 3.87. The molecule has 0 saturated carbocycles. The predicted molar refractivity (Wildman–Crippen MR) is 139 cm³/mol. The standard InChI is InChI=1S/C27H22Cl2N2O5/c1-15-8-16(2)10-19(9-15)31-26(33)20(25(32)30-27(31)34)11-17-12-22(29)24(23(13-17)35-3)36-14-18-6-4-5-7-21(18)28/h4-13H,14H2,1-3H3,(H,30,32,34)/b20-11+. The second kappa shape index (κ2) is 10.4. The summed E-state index contributed by atoms with van der Waals surface area (Å²) in [5.41, 5.74) is 3.07. The number of hydrogen-bond acceptors (Lipinski definition) is 5. The van der Waals surface area contributed by atoms with Crippen LogP contribution in [0.3, 0.4) is 0 Å². The third-order valence-corrected chi connectivity index (χ3v) is 6.11. The largest absolute Gasteiger partial charge is 0.493 e. The zero-order valence-electron chi connectivity index (χ0n) is 19.7. The molecule has 184 valence electrons. The maximum atomic E-state index is 13.2. The van der Waals surface area contributed by atoms with E-state index in [1.807, 2.05) is 38.1 Å². The molecule has 1 N–H and O–H groups in total. The van der Waals surface area contributed by atoms with E-state index >= 15 is 0 Å². The molecule has 36 heavy (non-hydrogen) atoms. The number of ether oxygens (including phenoxy) is 2. The molecule has 1 aliphatic rings. The van der Waals surface area contributed by atoms with Crippen LogP contribution in [0, 0.1) is 13.8 Å². The molecule has 0 aliphatic carbocycles. The first-order valence-corrected chi connectivity index (χ1v) is 11.7. The van der Waals surface area contributed by atoms with E-state index in [0.29, 0.717) is 22.0 Å². The lowest BCUT2D eigenvalue weighted by Crippen LogP contribution is -2.54. The molecule has 1 fully saturated rings. The van der Waals surface area contributed by atoms with Gasteiger partial charge in [-0.15, -0.1) is 0 Å². The maximum absolute atomic E-state index is 13.2. The van der Waals surface area contributed by atoms with Crippen LogP contribution in [-0.2, 0) is 16.2 Å². The Labute approximate surface area is 218 Å². The molecule has 0 spiro atoms. The molecule has 0 atom stereocenters. The van der Waals surface area contributed by atoms with Crippen LogP contribution in [0.2, 0.25) is 10.0 Å². The number of benzene rings is 3. The highest BCUT2D eigenvalue weighted by molar-refractivity contribution is 6.39. The first-order chi connectivity index (χ1) is 17.2. The lowest BCUT2D eigenvalue weighted by atomic mass is 10.0. The highest BCUT2D eigenvalue weighted by Gasteiger charge is 2.37. The Kier molecular flexibility index (Phi) is 7.33. The number of carbonyl (C=O) groups excluding carboxylic acids is 3. The van der Waals surface area contributed by atoms with Crippen molar-refractivity contribution in [3.05, 3.63) is 92.5 Å². The molecule has 4 amide bonds. The van der Waals surface area contributed by atoms with Crippen LogP contribution in [0.15, 0.2) is 60.2 Å². The third kappa shape index (κ3) is 5.22. The summed E-state index contributed by atoms with van der Waals surface area (Å²) in [4.78, 5) is 39.3. The Hall–Kier alpha value is -3.81. The predicted octanol–water partition coefficient (Wildman–Crippen LogP) is 5.86. The number of methoxy groups -OCH3 is 1. The van der Waals surface area contributed by atoms with Crippen molar-refractivity contribution >= 4 is 52.8 Å². The number of barbiturate groups is 1. The first kappa shape index (κ1) is 25.3. The quantitative estimate of drug-likeness (QED) is 0.322. The Bertz CT molecular complexity index is 1400. The summed E-state index contributed by atoms with van der Waals surface area (Å²) < 4.78 is 11.3. The number of nitrogens with one attached hydrogen (secondary N) is 1. The molecule has 3 aromatic rings. The number of amides is 4. The summed E-state index contributed by atoms with van der Waals surface area (Å²) in [5, 5.41) is 2.99. The summed E-state index contributed by atoms with van der Waals surface area (Å²) in [6.07, 6.45) is 1.35. The van der Waals surface area contributed by atoms with Crippen molar-refractivity contribution in [2.75, 3.05) is 12.0 Å². The zero-order chi connectivity index (χ0) is 26.0. The van der Waals surface area contributed by atoms with E-state index in [9.17, 15) is 14.4 Å². The van der Waals surface area contributed by atoms with E-state index in [1.165, 1.54) is 19.3 Å². The molecule has 1 aliphatic heterocycles. The highest BCUT2D eigenvalue weighted by Crippen LogP contribution is 2.38. The Balaban J connectivity index is 1.66. The van der Waals surface area contributed by atoms with Crippen LogP contribution in [0.4, 0.5) is 10.5 Å². The molecule has 7 nitrogen and oxygen atoms in total. The van der Waals surface area contributed by atoms with Gasteiger partial charge in [0.25, 0.3) is 11.8 Å². The van der Waals surface area contributed by atoms with Gasteiger partial charge in [-0.05, 0) is 66.9 Å². The van der Waals surface area contributed by atoms with Crippen LogP contribution in [-0.4, -0.2) is 25.0 Å². The minimum Gasteiger partial charge on any atom is -0.493 e. The Morgan fingerprint density at radius 2 is 1.64 bits per heavy atom. The number of halogens is 2. The molecule has 4 rings (SSSR count). The van der Waals surface area contributed by atoms with E-state index in [0.717, 1.165) is 21.6 Å². The normalized spacial score (nSPS) is 14.8. The smallest absolute Gasteiger partial charge is 0.335 e. The monoisotopic (exact) mass is 524 g/mol. The van der Waals surface area contributed by atoms with Crippen molar-refractivity contribution in [3.63, 3.8) is 0 Å². The number of hydrogen-bond donors (Lipinski definition) is 1. The lowest BCUT2D eigenvalue weighted by Gasteiger charge is -2.27. The summed E-state index contributed by atoms with van der Waals surface area (Å²) in [5.74, 6) is -0.970. The zero-order valence-corrected chi connectivity index (χ0v) is 21.2. The van der Waals surface area contributed by atoms with Gasteiger partial charge in [0.05, 0.1) is 17.8 Å². The van der Waals surface area contributed by atoms with Crippen molar-refractivity contribution in [2.45, 2.75) is 20.5 Å². The molecule has 0 unspecified atom stereocenters. The number of urea groups is 1. The molecule has 9 heteroatoms. The molecule has 1 saturated heterocycles. The minimum atomic E-state index is -0.814. The number of anilines is 1. The Morgan fingerprint density at radius 1 is 0.944 bits per heavy atom. The topological polar surface area (TPSA) is 84.9 Å². The highest BCUT2D eigenvalue weighted by atomic mass is 35.5. The summed E-state index contributed by atoms with van der Waals surface area (Å²) in [6, 6.07) is 14.9. The van der Waals surface area contributed by atoms with Gasteiger partial charge in [-0.25, -0.2) is 9.69 Å². The second-order valence-corrected chi connectivity index (χ2v) is 9.03. The van der Waals surface area contributed by atoms with Crippen LogP contribution in [0.1, 0.15) is 22.3 Å². The van der Waals surface area contributed by atoms with Crippen LogP contribution >= 0.6 is 23.2 Å². The van der Waals surface area contributed by atoms with Gasteiger partial charge in [0, 0.05) is 10.6 Å². The molecule has 0 radical (unpaired) electrons. The van der Waals surface area contributed by atoms with Gasteiger partial charge in [0.2, 0.25) is 0 Å². The molecular formula is C27H22Cl2N2O5. The van der Waals surface area contributed by atoms with Crippen molar-refractivity contribution in [1.29, 1.82) is 0 Å². The van der Waals surface area contributed by atoms with Gasteiger partial charge in [-0.1, -0.05) is 47.5 Å². The second-order valence-electron chi connectivity index (χ2n) is 8.22. The van der Waals surface area contributed by atoms with Gasteiger partial charge in [0.1, 0.15) is 12.2 Å². The van der Waals surface area contributed by atoms with Gasteiger partial charge in [0.15, 0.2) is 11.5 Å².